The van der Waals surface area contributed by atoms with Crippen LogP contribution in [0.1, 0.15) is 16.1 Å². The lowest BCUT2D eigenvalue weighted by Gasteiger charge is -2.03. The molecular weight excluding hydrogens is 344 g/mol. The molecule has 0 saturated heterocycles. The number of nitro groups is 1. The third-order valence-corrected chi connectivity index (χ3v) is 3.86. The number of nitrogens with zero attached hydrogens (tertiary/aromatic N) is 1. The minimum Gasteiger partial charge on any atom is -0.461 e. The van der Waals surface area contributed by atoms with Gasteiger partial charge in [0, 0.05) is 28.4 Å². The largest absolute Gasteiger partial charge is 0.461 e. The van der Waals surface area contributed by atoms with E-state index in [1.165, 1.54) is 18.2 Å². The number of amides is 1. The molecule has 1 amide bonds. The number of rotatable bonds is 4. The van der Waals surface area contributed by atoms with E-state index in [4.69, 9.17) is 16.0 Å². The van der Waals surface area contributed by atoms with Gasteiger partial charge in [-0.2, -0.15) is 0 Å². The SMILES string of the molecule is Cc1oc(-c2ccc(Cl)cc2)cc1C(=O)Nc1cccc([N+](=O)[O-])c1. The maximum absolute atomic E-state index is 12.5. The Morgan fingerprint density at radius 2 is 1.88 bits per heavy atom. The van der Waals surface area contributed by atoms with Crippen LogP contribution in [0.15, 0.2) is 59.0 Å². The third kappa shape index (κ3) is 3.70. The van der Waals surface area contributed by atoms with Crippen molar-refractivity contribution in [1.82, 2.24) is 0 Å². The number of benzene rings is 2. The zero-order chi connectivity index (χ0) is 18.0. The van der Waals surface area contributed by atoms with E-state index in [1.807, 2.05) is 0 Å². The fourth-order valence-corrected chi connectivity index (χ4v) is 2.49. The molecule has 0 spiro atoms. The summed E-state index contributed by atoms with van der Waals surface area (Å²) in [7, 11) is 0. The molecule has 6 nitrogen and oxygen atoms in total. The highest BCUT2D eigenvalue weighted by molar-refractivity contribution is 6.30. The van der Waals surface area contributed by atoms with Gasteiger partial charge in [0.25, 0.3) is 11.6 Å². The van der Waals surface area contributed by atoms with Crippen molar-refractivity contribution in [2.24, 2.45) is 0 Å². The normalized spacial score (nSPS) is 10.5. The van der Waals surface area contributed by atoms with E-state index >= 15 is 0 Å². The van der Waals surface area contributed by atoms with Crippen LogP contribution in [0.2, 0.25) is 5.02 Å². The number of anilines is 1. The van der Waals surface area contributed by atoms with Crippen LogP contribution in [0, 0.1) is 17.0 Å². The summed E-state index contributed by atoms with van der Waals surface area (Å²) in [6, 6.07) is 14.4. The fourth-order valence-electron chi connectivity index (χ4n) is 2.36. The molecule has 0 radical (unpaired) electrons. The Morgan fingerprint density at radius 3 is 2.56 bits per heavy atom. The van der Waals surface area contributed by atoms with E-state index in [-0.39, 0.29) is 5.69 Å². The molecule has 3 rings (SSSR count). The molecule has 1 heterocycles. The van der Waals surface area contributed by atoms with E-state index in [0.717, 1.165) is 5.56 Å². The van der Waals surface area contributed by atoms with Gasteiger partial charge in [-0.25, -0.2) is 0 Å². The van der Waals surface area contributed by atoms with Crippen LogP contribution in [0.25, 0.3) is 11.3 Å². The van der Waals surface area contributed by atoms with E-state index in [2.05, 4.69) is 5.32 Å². The molecule has 3 aromatic rings. The first-order chi connectivity index (χ1) is 11.9. The summed E-state index contributed by atoms with van der Waals surface area (Å²) in [5.74, 6) is 0.591. The van der Waals surface area contributed by atoms with Gasteiger partial charge in [0.05, 0.1) is 10.5 Å². The second-order valence-corrected chi connectivity index (χ2v) is 5.79. The zero-order valence-electron chi connectivity index (χ0n) is 13.2. The van der Waals surface area contributed by atoms with Crippen LogP contribution >= 0.6 is 11.6 Å². The summed E-state index contributed by atoms with van der Waals surface area (Å²) in [6.45, 7) is 1.68. The predicted molar refractivity (Wildman–Crippen MR) is 94.9 cm³/mol. The van der Waals surface area contributed by atoms with Crippen molar-refractivity contribution in [2.75, 3.05) is 5.32 Å². The lowest BCUT2D eigenvalue weighted by molar-refractivity contribution is -0.384. The van der Waals surface area contributed by atoms with Gasteiger partial charge in [-0.3, -0.25) is 14.9 Å². The smallest absolute Gasteiger partial charge is 0.271 e. The van der Waals surface area contributed by atoms with Crippen LogP contribution in [0.3, 0.4) is 0 Å². The average Bonchev–Trinajstić information content (AvgIpc) is 2.97. The number of hydrogen-bond acceptors (Lipinski definition) is 4. The molecule has 0 aliphatic carbocycles. The highest BCUT2D eigenvalue weighted by Gasteiger charge is 2.17. The quantitative estimate of drug-likeness (QED) is 0.522. The van der Waals surface area contributed by atoms with Gasteiger partial charge in [-0.05, 0) is 43.3 Å². The van der Waals surface area contributed by atoms with E-state index in [1.54, 1.807) is 43.3 Å². The van der Waals surface area contributed by atoms with Crippen molar-refractivity contribution < 1.29 is 14.1 Å². The molecule has 126 valence electrons. The molecule has 2 aromatic carbocycles. The molecule has 0 fully saturated rings. The number of nitro benzene ring substituents is 1. The van der Waals surface area contributed by atoms with E-state index in [9.17, 15) is 14.9 Å². The molecule has 1 aromatic heterocycles. The molecule has 25 heavy (non-hydrogen) atoms. The molecule has 7 heteroatoms. The Labute approximate surface area is 148 Å². The van der Waals surface area contributed by atoms with Crippen LogP contribution in [0.5, 0.6) is 0 Å². The summed E-state index contributed by atoms with van der Waals surface area (Å²) in [6.07, 6.45) is 0. The molecule has 1 N–H and O–H groups in total. The van der Waals surface area contributed by atoms with Crippen molar-refractivity contribution >= 4 is 28.9 Å². The molecule has 0 atom stereocenters. The van der Waals surface area contributed by atoms with Crippen molar-refractivity contribution in [1.29, 1.82) is 0 Å². The average molecular weight is 357 g/mol. The van der Waals surface area contributed by atoms with Gasteiger partial charge in [0.15, 0.2) is 0 Å². The maximum atomic E-state index is 12.5. The van der Waals surface area contributed by atoms with Gasteiger partial charge in [-0.1, -0.05) is 17.7 Å². The lowest BCUT2D eigenvalue weighted by Crippen LogP contribution is -2.12. The van der Waals surface area contributed by atoms with Crippen LogP contribution < -0.4 is 5.32 Å². The number of non-ortho nitro benzene ring substituents is 1. The Morgan fingerprint density at radius 1 is 1.16 bits per heavy atom. The second-order valence-electron chi connectivity index (χ2n) is 5.35. The molecular formula is C18H13ClN2O4. The predicted octanol–water partition coefficient (Wildman–Crippen LogP) is 5.07. The molecule has 0 aliphatic rings. The van der Waals surface area contributed by atoms with Gasteiger partial charge >= 0.3 is 0 Å². The van der Waals surface area contributed by atoms with Crippen LogP contribution in [-0.2, 0) is 0 Å². The first kappa shape index (κ1) is 16.7. The lowest BCUT2D eigenvalue weighted by atomic mass is 10.1. The monoisotopic (exact) mass is 356 g/mol. The number of carbonyl (C=O) groups excluding carboxylic acids is 1. The van der Waals surface area contributed by atoms with Gasteiger partial charge in [0.1, 0.15) is 11.5 Å². The highest BCUT2D eigenvalue weighted by atomic mass is 35.5. The van der Waals surface area contributed by atoms with Gasteiger partial charge in [0.2, 0.25) is 0 Å². The van der Waals surface area contributed by atoms with Crippen molar-refractivity contribution in [3.8, 4) is 11.3 Å². The summed E-state index contributed by atoms with van der Waals surface area (Å²) in [4.78, 5) is 22.8. The molecule has 0 aliphatic heterocycles. The highest BCUT2D eigenvalue weighted by Crippen LogP contribution is 2.27. The van der Waals surface area contributed by atoms with E-state index in [0.29, 0.717) is 27.8 Å². The third-order valence-electron chi connectivity index (χ3n) is 3.61. The van der Waals surface area contributed by atoms with Crippen molar-refractivity contribution in [2.45, 2.75) is 6.92 Å². The second kappa shape index (κ2) is 6.78. The van der Waals surface area contributed by atoms with Gasteiger partial charge in [-0.15, -0.1) is 0 Å². The Bertz CT molecular complexity index is 948. The number of aryl methyl sites for hydroxylation is 1. The molecule has 0 bridgehead atoms. The topological polar surface area (TPSA) is 85.4 Å². The number of halogens is 1. The minimum absolute atomic E-state index is 0.0939. The zero-order valence-corrected chi connectivity index (χ0v) is 13.9. The number of nitrogens with one attached hydrogen (secondary N) is 1. The van der Waals surface area contributed by atoms with Gasteiger partial charge < -0.3 is 9.73 Å². The maximum Gasteiger partial charge on any atom is 0.271 e. The Kier molecular flexibility index (Phi) is 4.54. The van der Waals surface area contributed by atoms with E-state index < -0.39 is 10.8 Å². The molecule has 0 saturated carbocycles. The summed E-state index contributed by atoms with van der Waals surface area (Å²) in [5.41, 5.74) is 1.40. The number of hydrogen-bond donors (Lipinski definition) is 1. The minimum atomic E-state index is -0.516. The summed E-state index contributed by atoms with van der Waals surface area (Å²) >= 11 is 5.87. The fraction of sp³-hybridized carbons (Fsp3) is 0.0556. The van der Waals surface area contributed by atoms with Crippen molar-refractivity contribution in [3.05, 3.63) is 81.1 Å². The molecule has 0 unspecified atom stereocenters. The number of furan rings is 1. The Balaban J connectivity index is 1.84. The van der Waals surface area contributed by atoms with Crippen LogP contribution in [0.4, 0.5) is 11.4 Å². The number of carbonyl (C=O) groups is 1. The van der Waals surface area contributed by atoms with Crippen molar-refractivity contribution in [3.63, 3.8) is 0 Å². The first-order valence-corrected chi connectivity index (χ1v) is 7.74. The summed E-state index contributed by atoms with van der Waals surface area (Å²) in [5, 5.41) is 14.1. The van der Waals surface area contributed by atoms with Crippen LogP contribution in [-0.4, -0.2) is 10.8 Å². The summed E-state index contributed by atoms with van der Waals surface area (Å²) < 4.78 is 5.65. The standard InChI is InChI=1S/C18H13ClN2O4/c1-11-16(10-17(25-11)12-5-7-13(19)8-6-12)18(22)20-14-3-2-4-15(9-14)21(23)24/h2-10H,1H3,(H,20,22). The Hall–Kier alpha value is -3.12. The first-order valence-electron chi connectivity index (χ1n) is 7.36.